The molecule has 4 rings (SSSR count). The average Bonchev–Trinajstić information content (AvgIpc) is 2.95. The molecule has 0 saturated carbocycles. The molecule has 0 aliphatic carbocycles. The molecule has 1 aliphatic heterocycles. The predicted octanol–water partition coefficient (Wildman–Crippen LogP) is 5.24. The molecule has 0 fully saturated rings. The van der Waals surface area contributed by atoms with Crippen molar-refractivity contribution < 1.29 is 32.6 Å². The van der Waals surface area contributed by atoms with Gasteiger partial charge in [-0.25, -0.2) is 0 Å². The van der Waals surface area contributed by atoms with Crippen molar-refractivity contribution in [2.24, 2.45) is 5.92 Å². The highest BCUT2D eigenvalue weighted by molar-refractivity contribution is 6.00. The van der Waals surface area contributed by atoms with Gasteiger partial charge >= 0.3 is 6.18 Å². The quantitative estimate of drug-likeness (QED) is 0.360. The SMILES string of the molecule is C[C@H](CO)N1C[C@H](C)[C@@H](CN(C)Cc2ccc(C(F)(F)F)cc2)Oc2ccc(NC(=O)Cc3ccccc3)cc2C1=O. The number of carbonyl (C=O) groups is 2. The maximum Gasteiger partial charge on any atom is 0.416 e. The number of aliphatic hydroxyl groups is 1. The van der Waals surface area contributed by atoms with Gasteiger partial charge in [0.1, 0.15) is 11.9 Å². The molecule has 224 valence electrons. The van der Waals surface area contributed by atoms with Crippen molar-refractivity contribution in [1.29, 1.82) is 0 Å². The van der Waals surface area contributed by atoms with Crippen LogP contribution in [-0.4, -0.2) is 65.6 Å². The Morgan fingerprint density at radius 2 is 1.79 bits per heavy atom. The summed E-state index contributed by atoms with van der Waals surface area (Å²) in [6.07, 6.45) is -4.58. The number of benzene rings is 3. The normalized spacial score (nSPS) is 18.1. The lowest BCUT2D eigenvalue weighted by Crippen LogP contribution is -2.49. The summed E-state index contributed by atoms with van der Waals surface area (Å²) in [5.41, 5.74) is 1.62. The van der Waals surface area contributed by atoms with Gasteiger partial charge in [0, 0.05) is 31.2 Å². The third kappa shape index (κ3) is 7.89. The van der Waals surface area contributed by atoms with Crippen molar-refractivity contribution in [2.75, 3.05) is 32.1 Å². The molecule has 2 N–H and O–H groups in total. The number of anilines is 1. The fourth-order valence-corrected chi connectivity index (χ4v) is 4.99. The van der Waals surface area contributed by atoms with E-state index in [0.717, 1.165) is 23.3 Å². The molecule has 3 aromatic rings. The standard InChI is InChI=1S/C32H36F3N3O4/c1-21-17-38(22(2)20-39)31(41)27-16-26(36-30(40)15-23-7-5-4-6-8-23)13-14-28(27)42-29(21)19-37(3)18-24-9-11-25(12-10-24)32(33,34)35/h4-14,16,21-22,29,39H,15,17-20H2,1-3H3,(H,36,40)/t21-,22+,29+/m0/s1. The van der Waals surface area contributed by atoms with Crippen molar-refractivity contribution in [3.8, 4) is 5.75 Å². The van der Waals surface area contributed by atoms with E-state index in [1.807, 2.05) is 49.2 Å². The first-order chi connectivity index (χ1) is 19.9. The summed E-state index contributed by atoms with van der Waals surface area (Å²) in [4.78, 5) is 29.9. The molecule has 0 saturated heterocycles. The number of nitrogens with one attached hydrogen (secondary N) is 1. The van der Waals surface area contributed by atoms with Crippen LogP contribution < -0.4 is 10.1 Å². The van der Waals surface area contributed by atoms with E-state index < -0.39 is 17.8 Å². The first kappa shape index (κ1) is 31.1. The van der Waals surface area contributed by atoms with Crippen molar-refractivity contribution in [1.82, 2.24) is 9.80 Å². The Labute approximate surface area is 243 Å². The zero-order valence-electron chi connectivity index (χ0n) is 23.9. The van der Waals surface area contributed by atoms with Crippen molar-refractivity contribution >= 4 is 17.5 Å². The van der Waals surface area contributed by atoms with E-state index in [-0.39, 0.29) is 42.4 Å². The van der Waals surface area contributed by atoms with E-state index in [0.29, 0.717) is 31.1 Å². The molecule has 7 nitrogen and oxygen atoms in total. The van der Waals surface area contributed by atoms with Gasteiger partial charge in [-0.3, -0.25) is 14.5 Å². The molecule has 0 spiro atoms. The highest BCUT2D eigenvalue weighted by Crippen LogP contribution is 2.32. The van der Waals surface area contributed by atoms with Crippen LogP contribution in [0.25, 0.3) is 0 Å². The number of amides is 2. The molecule has 2 amide bonds. The minimum Gasteiger partial charge on any atom is -0.488 e. The molecule has 10 heteroatoms. The van der Waals surface area contributed by atoms with Gasteiger partial charge in [-0.05, 0) is 55.4 Å². The van der Waals surface area contributed by atoms with Crippen LogP contribution in [0.1, 0.15) is 40.9 Å². The Bertz CT molecular complexity index is 1370. The molecular formula is C32H36F3N3O4. The lowest BCUT2D eigenvalue weighted by Gasteiger charge is -2.38. The summed E-state index contributed by atoms with van der Waals surface area (Å²) in [5, 5.41) is 12.8. The number of aliphatic hydroxyl groups excluding tert-OH is 1. The third-order valence-electron chi connectivity index (χ3n) is 7.38. The summed E-state index contributed by atoms with van der Waals surface area (Å²) in [5.74, 6) is -0.307. The first-order valence-electron chi connectivity index (χ1n) is 13.9. The van der Waals surface area contributed by atoms with Gasteiger partial charge in [-0.15, -0.1) is 0 Å². The number of rotatable bonds is 9. The lowest BCUT2D eigenvalue weighted by atomic mass is 9.99. The molecule has 0 unspecified atom stereocenters. The Morgan fingerprint density at radius 1 is 1.10 bits per heavy atom. The Morgan fingerprint density at radius 3 is 2.43 bits per heavy atom. The second-order valence-electron chi connectivity index (χ2n) is 10.9. The maximum absolute atomic E-state index is 13.7. The number of alkyl halides is 3. The second-order valence-corrected chi connectivity index (χ2v) is 10.9. The van der Waals surface area contributed by atoms with Crippen LogP contribution in [0.15, 0.2) is 72.8 Å². The molecule has 0 bridgehead atoms. The highest BCUT2D eigenvalue weighted by Gasteiger charge is 2.34. The van der Waals surface area contributed by atoms with Crippen LogP contribution in [0, 0.1) is 5.92 Å². The molecular weight excluding hydrogens is 547 g/mol. The number of carbonyl (C=O) groups excluding carboxylic acids is 2. The molecule has 3 aromatic carbocycles. The van der Waals surface area contributed by atoms with Crippen LogP contribution in [0.2, 0.25) is 0 Å². The topological polar surface area (TPSA) is 82.1 Å². The molecule has 0 aromatic heterocycles. The lowest BCUT2D eigenvalue weighted by molar-refractivity contribution is -0.137. The van der Waals surface area contributed by atoms with Crippen LogP contribution in [-0.2, 0) is 23.9 Å². The molecule has 0 radical (unpaired) electrons. The summed E-state index contributed by atoms with van der Waals surface area (Å²) < 4.78 is 45.3. The summed E-state index contributed by atoms with van der Waals surface area (Å²) >= 11 is 0. The second kappa shape index (κ2) is 13.4. The van der Waals surface area contributed by atoms with Gasteiger partial charge in [-0.2, -0.15) is 13.2 Å². The number of hydrogen-bond donors (Lipinski definition) is 2. The largest absolute Gasteiger partial charge is 0.488 e. The van der Waals surface area contributed by atoms with E-state index in [2.05, 4.69) is 5.32 Å². The fraction of sp³-hybridized carbons (Fsp3) is 0.375. The van der Waals surface area contributed by atoms with Crippen molar-refractivity contribution in [3.05, 3.63) is 95.1 Å². The summed E-state index contributed by atoms with van der Waals surface area (Å²) in [7, 11) is 1.86. The maximum atomic E-state index is 13.7. The van der Waals surface area contributed by atoms with Gasteiger partial charge in [0.05, 0.1) is 30.2 Å². The third-order valence-corrected chi connectivity index (χ3v) is 7.38. The highest BCUT2D eigenvalue weighted by atomic mass is 19.4. The van der Waals surface area contributed by atoms with E-state index in [1.165, 1.54) is 12.1 Å². The van der Waals surface area contributed by atoms with Crippen molar-refractivity contribution in [2.45, 2.75) is 45.1 Å². The molecule has 1 aliphatic rings. The number of likely N-dealkylation sites (N-methyl/N-ethyl adjacent to an activating group) is 1. The number of hydrogen-bond acceptors (Lipinski definition) is 5. The minimum absolute atomic E-state index is 0.128. The zero-order valence-corrected chi connectivity index (χ0v) is 23.9. The predicted molar refractivity (Wildman–Crippen MR) is 154 cm³/mol. The summed E-state index contributed by atoms with van der Waals surface area (Å²) in [6, 6.07) is 18.9. The van der Waals surface area contributed by atoms with E-state index in [1.54, 1.807) is 30.0 Å². The Hall–Kier alpha value is -3.89. The number of nitrogens with zero attached hydrogens (tertiary/aromatic N) is 2. The molecule has 3 atom stereocenters. The summed E-state index contributed by atoms with van der Waals surface area (Å²) in [6.45, 7) is 4.67. The first-order valence-corrected chi connectivity index (χ1v) is 13.9. The number of fused-ring (bicyclic) bond motifs is 1. The minimum atomic E-state index is -4.39. The smallest absolute Gasteiger partial charge is 0.416 e. The van der Waals surface area contributed by atoms with E-state index in [4.69, 9.17) is 4.74 Å². The Balaban J connectivity index is 1.53. The monoisotopic (exact) mass is 583 g/mol. The average molecular weight is 584 g/mol. The molecule has 1 heterocycles. The van der Waals surface area contributed by atoms with Gasteiger partial charge in [-0.1, -0.05) is 49.4 Å². The number of ether oxygens (including phenoxy) is 1. The van der Waals surface area contributed by atoms with Gasteiger partial charge in [0.15, 0.2) is 0 Å². The van der Waals surface area contributed by atoms with Crippen LogP contribution in [0.4, 0.5) is 18.9 Å². The zero-order chi connectivity index (χ0) is 30.4. The number of halogens is 3. The van der Waals surface area contributed by atoms with Crippen LogP contribution in [0.5, 0.6) is 5.75 Å². The van der Waals surface area contributed by atoms with Gasteiger partial charge < -0.3 is 20.1 Å². The van der Waals surface area contributed by atoms with Crippen molar-refractivity contribution in [3.63, 3.8) is 0 Å². The van der Waals surface area contributed by atoms with Gasteiger partial charge in [0.2, 0.25) is 5.91 Å². The van der Waals surface area contributed by atoms with E-state index >= 15 is 0 Å². The van der Waals surface area contributed by atoms with Gasteiger partial charge in [0.25, 0.3) is 5.91 Å². The van der Waals surface area contributed by atoms with Crippen LogP contribution >= 0.6 is 0 Å². The van der Waals surface area contributed by atoms with Crippen LogP contribution in [0.3, 0.4) is 0 Å². The molecule has 42 heavy (non-hydrogen) atoms. The Kier molecular flexibility index (Phi) is 9.90. The van der Waals surface area contributed by atoms with E-state index in [9.17, 15) is 27.9 Å². The fourth-order valence-electron chi connectivity index (χ4n) is 4.99.